The lowest BCUT2D eigenvalue weighted by Gasteiger charge is -2.08. The van der Waals surface area contributed by atoms with Crippen LogP contribution in [-0.2, 0) is 6.42 Å². The Labute approximate surface area is 111 Å². The highest BCUT2D eigenvalue weighted by atomic mass is 32.1. The molecule has 0 bridgehead atoms. The molecule has 0 aliphatic carbocycles. The Morgan fingerprint density at radius 3 is 2.67 bits per heavy atom. The van der Waals surface area contributed by atoms with Gasteiger partial charge in [-0.15, -0.1) is 11.3 Å². The van der Waals surface area contributed by atoms with Gasteiger partial charge in [0.25, 0.3) is 0 Å². The summed E-state index contributed by atoms with van der Waals surface area (Å²) in [5.41, 5.74) is 1.79. The molecule has 0 amide bonds. The molecular weight excluding hydrogens is 242 g/mol. The van der Waals surface area contributed by atoms with Crippen LogP contribution >= 0.6 is 11.3 Å². The van der Waals surface area contributed by atoms with Gasteiger partial charge in [-0.1, -0.05) is 37.3 Å². The standard InChI is InChI=1S/C15H13NOS/c1-2-11-8-9-18-15(11)14(17)13(10-16)12-6-4-3-5-7-12/h3-9,13H,2H2,1H3. The SMILES string of the molecule is CCc1ccsc1C(=O)C(C#N)c1ccccc1. The first-order valence-electron chi connectivity index (χ1n) is 5.83. The van der Waals surface area contributed by atoms with Gasteiger partial charge in [0.15, 0.2) is 5.78 Å². The molecule has 0 aliphatic heterocycles. The van der Waals surface area contributed by atoms with E-state index in [-0.39, 0.29) is 5.78 Å². The van der Waals surface area contributed by atoms with E-state index in [2.05, 4.69) is 6.07 Å². The van der Waals surface area contributed by atoms with Crippen LogP contribution in [0.2, 0.25) is 0 Å². The lowest BCUT2D eigenvalue weighted by Crippen LogP contribution is -2.11. The van der Waals surface area contributed by atoms with Crippen molar-refractivity contribution in [3.05, 3.63) is 57.8 Å². The maximum Gasteiger partial charge on any atom is 0.194 e. The largest absolute Gasteiger partial charge is 0.291 e. The van der Waals surface area contributed by atoms with Crippen LogP contribution < -0.4 is 0 Å². The van der Waals surface area contributed by atoms with Gasteiger partial charge >= 0.3 is 0 Å². The van der Waals surface area contributed by atoms with Gasteiger partial charge in [0.05, 0.1) is 10.9 Å². The van der Waals surface area contributed by atoms with Crippen molar-refractivity contribution in [2.45, 2.75) is 19.3 Å². The minimum atomic E-state index is -0.699. The zero-order valence-corrected chi connectivity index (χ0v) is 10.9. The van der Waals surface area contributed by atoms with Crippen molar-refractivity contribution < 1.29 is 4.79 Å². The van der Waals surface area contributed by atoms with Crippen molar-refractivity contribution in [3.8, 4) is 6.07 Å². The lowest BCUT2D eigenvalue weighted by molar-refractivity contribution is 0.0982. The highest BCUT2D eigenvalue weighted by Gasteiger charge is 2.24. The Morgan fingerprint density at radius 1 is 1.33 bits per heavy atom. The fourth-order valence-electron chi connectivity index (χ4n) is 1.89. The molecule has 1 aromatic heterocycles. The second-order valence-corrected chi connectivity index (χ2v) is 4.88. The maximum atomic E-state index is 12.4. The summed E-state index contributed by atoms with van der Waals surface area (Å²) in [6, 6.07) is 13.3. The van der Waals surface area contributed by atoms with Crippen molar-refractivity contribution in [1.82, 2.24) is 0 Å². The van der Waals surface area contributed by atoms with Crippen molar-refractivity contribution >= 4 is 17.1 Å². The number of thiophene rings is 1. The fraction of sp³-hybridized carbons (Fsp3) is 0.200. The van der Waals surface area contributed by atoms with Gasteiger partial charge in [-0.2, -0.15) is 5.26 Å². The van der Waals surface area contributed by atoms with E-state index in [4.69, 9.17) is 0 Å². The molecule has 2 nitrogen and oxygen atoms in total. The Hall–Kier alpha value is -1.92. The van der Waals surface area contributed by atoms with Gasteiger partial charge in [-0.25, -0.2) is 0 Å². The van der Waals surface area contributed by atoms with Gasteiger partial charge in [-0.3, -0.25) is 4.79 Å². The topological polar surface area (TPSA) is 40.9 Å². The van der Waals surface area contributed by atoms with E-state index in [9.17, 15) is 10.1 Å². The minimum Gasteiger partial charge on any atom is -0.291 e. The molecule has 1 aromatic carbocycles. The number of nitriles is 1. The summed E-state index contributed by atoms with van der Waals surface area (Å²) in [6.45, 7) is 2.02. The summed E-state index contributed by atoms with van der Waals surface area (Å²) < 4.78 is 0. The van der Waals surface area contributed by atoms with Crippen LogP contribution in [0.1, 0.15) is 33.6 Å². The van der Waals surface area contributed by atoms with Crippen LogP contribution in [0.25, 0.3) is 0 Å². The van der Waals surface area contributed by atoms with Crippen molar-refractivity contribution in [3.63, 3.8) is 0 Å². The molecule has 90 valence electrons. The highest BCUT2D eigenvalue weighted by Crippen LogP contribution is 2.26. The van der Waals surface area contributed by atoms with Gasteiger partial charge in [-0.05, 0) is 29.0 Å². The zero-order chi connectivity index (χ0) is 13.0. The Morgan fingerprint density at radius 2 is 2.06 bits per heavy atom. The Balaban J connectivity index is 2.36. The third-order valence-electron chi connectivity index (χ3n) is 2.88. The summed E-state index contributed by atoms with van der Waals surface area (Å²) >= 11 is 1.42. The third-order valence-corrected chi connectivity index (χ3v) is 3.85. The predicted molar refractivity (Wildman–Crippen MR) is 72.8 cm³/mol. The third kappa shape index (κ3) is 2.34. The molecule has 1 heterocycles. The minimum absolute atomic E-state index is 0.0875. The smallest absolute Gasteiger partial charge is 0.194 e. The number of ketones is 1. The molecule has 0 saturated carbocycles. The summed E-state index contributed by atoms with van der Waals surface area (Å²) in [4.78, 5) is 13.1. The number of hydrogen-bond acceptors (Lipinski definition) is 3. The van der Waals surface area contributed by atoms with Crippen molar-refractivity contribution in [2.75, 3.05) is 0 Å². The summed E-state index contributed by atoms with van der Waals surface area (Å²) in [7, 11) is 0. The molecule has 0 saturated heterocycles. The number of Topliss-reactive ketones (excluding diaryl/α,β-unsaturated/α-hetero) is 1. The van der Waals surface area contributed by atoms with Gasteiger partial charge < -0.3 is 0 Å². The molecule has 0 aliphatic rings. The van der Waals surface area contributed by atoms with Gasteiger partial charge in [0.2, 0.25) is 0 Å². The average molecular weight is 255 g/mol. The van der Waals surface area contributed by atoms with E-state index in [1.165, 1.54) is 11.3 Å². The van der Waals surface area contributed by atoms with Crippen LogP contribution in [0, 0.1) is 11.3 Å². The van der Waals surface area contributed by atoms with Crippen LogP contribution in [0.15, 0.2) is 41.8 Å². The van der Waals surface area contributed by atoms with Crippen LogP contribution in [0.4, 0.5) is 0 Å². The van der Waals surface area contributed by atoms with Gasteiger partial charge in [0.1, 0.15) is 5.92 Å². The average Bonchev–Trinajstić information content (AvgIpc) is 2.89. The molecule has 0 radical (unpaired) electrons. The number of hydrogen-bond donors (Lipinski definition) is 0. The lowest BCUT2D eigenvalue weighted by atomic mass is 9.94. The normalized spacial score (nSPS) is 11.8. The van der Waals surface area contributed by atoms with E-state index in [1.807, 2.05) is 48.7 Å². The molecular formula is C15H13NOS. The van der Waals surface area contributed by atoms with E-state index in [0.29, 0.717) is 4.88 Å². The molecule has 3 heteroatoms. The molecule has 2 aromatic rings. The maximum absolute atomic E-state index is 12.4. The van der Waals surface area contributed by atoms with E-state index in [1.54, 1.807) is 0 Å². The first-order valence-corrected chi connectivity index (χ1v) is 6.71. The van der Waals surface area contributed by atoms with E-state index >= 15 is 0 Å². The second kappa shape index (κ2) is 5.61. The van der Waals surface area contributed by atoms with Crippen LogP contribution in [0.3, 0.4) is 0 Å². The molecule has 0 spiro atoms. The number of nitrogens with zero attached hydrogens (tertiary/aromatic N) is 1. The van der Waals surface area contributed by atoms with E-state index < -0.39 is 5.92 Å². The first-order chi connectivity index (χ1) is 8.77. The molecule has 0 N–H and O–H groups in total. The molecule has 0 fully saturated rings. The van der Waals surface area contributed by atoms with Crippen LogP contribution in [0.5, 0.6) is 0 Å². The number of rotatable bonds is 4. The van der Waals surface area contributed by atoms with Crippen molar-refractivity contribution in [2.24, 2.45) is 0 Å². The predicted octanol–water partition coefficient (Wildman–Crippen LogP) is 3.80. The van der Waals surface area contributed by atoms with Crippen molar-refractivity contribution in [1.29, 1.82) is 5.26 Å². The second-order valence-electron chi connectivity index (χ2n) is 3.97. The molecule has 2 rings (SSSR count). The summed E-state index contributed by atoms with van der Waals surface area (Å²) in [6.07, 6.45) is 0.817. The summed E-state index contributed by atoms with van der Waals surface area (Å²) in [5.74, 6) is -0.786. The number of aryl methyl sites for hydroxylation is 1. The summed E-state index contributed by atoms with van der Waals surface area (Å²) in [5, 5.41) is 11.2. The Bertz CT molecular complexity index is 580. The monoisotopic (exact) mass is 255 g/mol. The number of carbonyl (C=O) groups is 1. The molecule has 1 unspecified atom stereocenters. The zero-order valence-electron chi connectivity index (χ0n) is 10.1. The Kier molecular flexibility index (Phi) is 3.91. The molecule has 1 atom stereocenters. The fourth-order valence-corrected chi connectivity index (χ4v) is 2.86. The number of benzene rings is 1. The van der Waals surface area contributed by atoms with Crippen LogP contribution in [-0.4, -0.2) is 5.78 Å². The highest BCUT2D eigenvalue weighted by molar-refractivity contribution is 7.12. The first kappa shape index (κ1) is 12.5. The van der Waals surface area contributed by atoms with Gasteiger partial charge in [0, 0.05) is 0 Å². The molecule has 18 heavy (non-hydrogen) atoms. The quantitative estimate of drug-likeness (QED) is 0.780. The number of carbonyl (C=O) groups excluding carboxylic acids is 1. The van der Waals surface area contributed by atoms with E-state index in [0.717, 1.165) is 17.5 Å².